The zero-order chi connectivity index (χ0) is 26.0. The summed E-state index contributed by atoms with van der Waals surface area (Å²) in [6.07, 6.45) is 2.44. The standard InChI is InChI=1S/C30H26N4O4/c1-38-24-13-7-2-8-17(24)16-34-27(35)25-23(14-18-15-31-21-11-5-3-9-19(18)21)33-30(26(25)28(34)36)20-10-4-6-12-22(20)32-29(30)37/h2-13,15,23,25-26,31,33H,14,16H2,1H3,(H,32,37)/t23-,25-,26+,30-/m1/s1. The van der Waals surface area contributed by atoms with E-state index in [-0.39, 0.29) is 24.3 Å². The van der Waals surface area contributed by atoms with Gasteiger partial charge in [0.25, 0.3) is 0 Å². The Morgan fingerprint density at radius 3 is 2.53 bits per heavy atom. The number of para-hydroxylation sites is 3. The van der Waals surface area contributed by atoms with Gasteiger partial charge in [0.15, 0.2) is 0 Å². The van der Waals surface area contributed by atoms with E-state index in [9.17, 15) is 14.4 Å². The first kappa shape index (κ1) is 22.7. The van der Waals surface area contributed by atoms with Gasteiger partial charge in [-0.2, -0.15) is 0 Å². The van der Waals surface area contributed by atoms with Crippen molar-refractivity contribution in [2.45, 2.75) is 24.5 Å². The molecular weight excluding hydrogens is 480 g/mol. The number of rotatable bonds is 5. The molecule has 1 aromatic heterocycles. The Morgan fingerprint density at radius 2 is 1.66 bits per heavy atom. The summed E-state index contributed by atoms with van der Waals surface area (Å²) in [7, 11) is 1.57. The van der Waals surface area contributed by atoms with Gasteiger partial charge in [-0.05, 0) is 30.2 Å². The van der Waals surface area contributed by atoms with E-state index < -0.39 is 23.4 Å². The minimum atomic E-state index is -1.32. The fraction of sp³-hybridized carbons (Fsp3) is 0.233. The monoisotopic (exact) mass is 506 g/mol. The van der Waals surface area contributed by atoms with Gasteiger partial charge in [-0.1, -0.05) is 54.6 Å². The number of methoxy groups -OCH3 is 1. The molecule has 3 N–H and O–H groups in total. The lowest BCUT2D eigenvalue weighted by Gasteiger charge is -2.29. The van der Waals surface area contributed by atoms with Crippen LogP contribution in [0.5, 0.6) is 5.75 Å². The summed E-state index contributed by atoms with van der Waals surface area (Å²) in [5.41, 5.74) is 2.83. The Bertz CT molecular complexity index is 1630. The number of aromatic nitrogens is 1. The summed E-state index contributed by atoms with van der Waals surface area (Å²) in [5, 5.41) is 7.55. The Hall–Kier alpha value is -4.43. The predicted octanol–water partition coefficient (Wildman–Crippen LogP) is 3.34. The Kier molecular flexibility index (Phi) is 4.96. The summed E-state index contributed by atoms with van der Waals surface area (Å²) < 4.78 is 5.48. The highest BCUT2D eigenvalue weighted by atomic mass is 16.5. The molecule has 4 heterocycles. The van der Waals surface area contributed by atoms with E-state index in [1.165, 1.54) is 4.90 Å². The molecule has 7 rings (SSSR count). The highest BCUT2D eigenvalue weighted by Gasteiger charge is 2.70. The highest BCUT2D eigenvalue weighted by molar-refractivity contribution is 6.15. The number of benzene rings is 3. The van der Waals surface area contributed by atoms with Crippen molar-refractivity contribution in [1.29, 1.82) is 0 Å². The summed E-state index contributed by atoms with van der Waals surface area (Å²) >= 11 is 0. The number of imide groups is 1. The van der Waals surface area contributed by atoms with Crippen molar-refractivity contribution in [3.8, 4) is 5.75 Å². The topological polar surface area (TPSA) is 104 Å². The molecule has 0 radical (unpaired) electrons. The molecule has 3 aliphatic rings. The zero-order valence-electron chi connectivity index (χ0n) is 20.7. The molecular formula is C30H26N4O4. The first-order chi connectivity index (χ1) is 18.5. The van der Waals surface area contributed by atoms with E-state index >= 15 is 0 Å². The Labute approximate surface area is 219 Å². The van der Waals surface area contributed by atoms with Crippen LogP contribution in [0.1, 0.15) is 16.7 Å². The van der Waals surface area contributed by atoms with Crippen LogP contribution in [0, 0.1) is 11.8 Å². The van der Waals surface area contributed by atoms with E-state index in [4.69, 9.17) is 4.74 Å². The molecule has 3 aliphatic heterocycles. The van der Waals surface area contributed by atoms with E-state index in [1.807, 2.05) is 79.0 Å². The largest absolute Gasteiger partial charge is 0.496 e. The fourth-order valence-electron chi connectivity index (χ4n) is 6.69. The van der Waals surface area contributed by atoms with Gasteiger partial charge >= 0.3 is 0 Å². The zero-order valence-corrected chi connectivity index (χ0v) is 20.7. The van der Waals surface area contributed by atoms with Crippen LogP contribution in [0.15, 0.2) is 79.0 Å². The molecule has 1 spiro atoms. The molecule has 190 valence electrons. The molecule has 3 amide bonds. The lowest BCUT2D eigenvalue weighted by atomic mass is 9.76. The Balaban J connectivity index is 1.33. The molecule has 4 atom stereocenters. The summed E-state index contributed by atoms with van der Waals surface area (Å²) in [4.78, 5) is 46.5. The Morgan fingerprint density at radius 1 is 0.895 bits per heavy atom. The van der Waals surface area contributed by atoms with Crippen LogP contribution in [0.25, 0.3) is 10.9 Å². The first-order valence-electron chi connectivity index (χ1n) is 12.7. The number of hydrogen-bond donors (Lipinski definition) is 3. The van der Waals surface area contributed by atoms with Crippen LogP contribution < -0.4 is 15.4 Å². The molecule has 4 aromatic rings. The molecule has 3 aromatic carbocycles. The minimum Gasteiger partial charge on any atom is -0.496 e. The number of fused-ring (bicyclic) bond motifs is 5. The van der Waals surface area contributed by atoms with Crippen LogP contribution in [0.3, 0.4) is 0 Å². The van der Waals surface area contributed by atoms with Crippen LogP contribution in [-0.4, -0.2) is 40.8 Å². The number of carbonyl (C=O) groups excluding carboxylic acids is 3. The van der Waals surface area contributed by atoms with Gasteiger partial charge < -0.3 is 15.0 Å². The van der Waals surface area contributed by atoms with Gasteiger partial charge in [-0.15, -0.1) is 0 Å². The number of aromatic amines is 1. The molecule has 0 saturated carbocycles. The SMILES string of the molecule is COc1ccccc1CN1C(=O)[C@H]2[C@@H](C1=O)[C@@]1(N[C@@H]2Cc2c[nH]c3ccccc23)C(=O)Nc2ccccc21. The van der Waals surface area contributed by atoms with Gasteiger partial charge in [-0.3, -0.25) is 24.6 Å². The summed E-state index contributed by atoms with van der Waals surface area (Å²) in [5.74, 6) is -1.84. The molecule has 0 unspecified atom stereocenters. The van der Waals surface area contributed by atoms with Crippen LogP contribution in [-0.2, 0) is 32.9 Å². The van der Waals surface area contributed by atoms with Crippen LogP contribution in [0.2, 0.25) is 0 Å². The lowest BCUT2D eigenvalue weighted by Crippen LogP contribution is -2.53. The number of ether oxygens (including phenoxy) is 1. The van der Waals surface area contributed by atoms with Gasteiger partial charge in [0.2, 0.25) is 17.7 Å². The maximum atomic E-state index is 14.1. The fourth-order valence-corrected chi connectivity index (χ4v) is 6.69. The van der Waals surface area contributed by atoms with E-state index in [0.29, 0.717) is 23.4 Å². The van der Waals surface area contributed by atoms with E-state index in [2.05, 4.69) is 15.6 Å². The second-order valence-corrected chi connectivity index (χ2v) is 10.2. The van der Waals surface area contributed by atoms with Gasteiger partial charge in [-0.25, -0.2) is 0 Å². The number of carbonyl (C=O) groups is 3. The van der Waals surface area contributed by atoms with Crippen LogP contribution >= 0.6 is 0 Å². The van der Waals surface area contributed by atoms with Crippen molar-refractivity contribution in [3.05, 3.63) is 95.7 Å². The third-order valence-electron chi connectivity index (χ3n) is 8.35. The molecule has 2 fully saturated rings. The van der Waals surface area contributed by atoms with Gasteiger partial charge in [0.05, 0.1) is 25.5 Å². The van der Waals surface area contributed by atoms with E-state index in [1.54, 1.807) is 7.11 Å². The highest BCUT2D eigenvalue weighted by Crippen LogP contribution is 2.53. The molecule has 8 nitrogen and oxygen atoms in total. The van der Waals surface area contributed by atoms with E-state index in [0.717, 1.165) is 22.0 Å². The average molecular weight is 507 g/mol. The van der Waals surface area contributed by atoms with Crippen molar-refractivity contribution < 1.29 is 19.1 Å². The van der Waals surface area contributed by atoms with Crippen molar-refractivity contribution in [2.24, 2.45) is 11.8 Å². The molecule has 2 saturated heterocycles. The maximum absolute atomic E-state index is 14.1. The average Bonchev–Trinajstić information content (AvgIpc) is 3.65. The number of H-pyrrole nitrogens is 1. The third-order valence-corrected chi connectivity index (χ3v) is 8.35. The van der Waals surface area contributed by atoms with Crippen LogP contribution in [0.4, 0.5) is 5.69 Å². The number of likely N-dealkylation sites (tertiary alicyclic amines) is 1. The molecule has 38 heavy (non-hydrogen) atoms. The summed E-state index contributed by atoms with van der Waals surface area (Å²) in [6, 6.07) is 22.3. The number of hydrogen-bond acceptors (Lipinski definition) is 5. The smallest absolute Gasteiger partial charge is 0.250 e. The molecule has 0 aliphatic carbocycles. The van der Waals surface area contributed by atoms with Crippen molar-refractivity contribution in [2.75, 3.05) is 12.4 Å². The number of nitrogens with one attached hydrogen (secondary N) is 3. The quantitative estimate of drug-likeness (QED) is 0.360. The first-order valence-corrected chi connectivity index (χ1v) is 12.7. The second-order valence-electron chi connectivity index (χ2n) is 10.2. The third kappa shape index (κ3) is 3.04. The number of amides is 3. The molecule has 0 bridgehead atoms. The van der Waals surface area contributed by atoms with Crippen molar-refractivity contribution in [3.63, 3.8) is 0 Å². The summed E-state index contributed by atoms with van der Waals surface area (Å²) in [6.45, 7) is 0.0911. The van der Waals surface area contributed by atoms with Gasteiger partial charge in [0, 0.05) is 40.0 Å². The maximum Gasteiger partial charge on any atom is 0.250 e. The minimum absolute atomic E-state index is 0.0911. The predicted molar refractivity (Wildman–Crippen MR) is 141 cm³/mol. The second kappa shape index (κ2) is 8.29. The molecule has 8 heteroatoms. The van der Waals surface area contributed by atoms with Gasteiger partial charge in [0.1, 0.15) is 11.3 Å². The lowest BCUT2D eigenvalue weighted by molar-refractivity contribution is -0.143. The van der Waals surface area contributed by atoms with Crippen molar-refractivity contribution in [1.82, 2.24) is 15.2 Å². The van der Waals surface area contributed by atoms with Crippen molar-refractivity contribution >= 4 is 34.3 Å². The normalized spacial score (nSPS) is 25.8. The number of nitrogens with zero attached hydrogens (tertiary/aromatic N) is 1. The number of anilines is 1.